The van der Waals surface area contributed by atoms with Gasteiger partial charge in [0.15, 0.2) is 11.5 Å². The van der Waals surface area contributed by atoms with Crippen LogP contribution in [-0.2, 0) is 11.8 Å². The van der Waals surface area contributed by atoms with Crippen LogP contribution in [0.5, 0.6) is 11.5 Å². The molecule has 1 amide bonds. The molecule has 0 unspecified atom stereocenters. The average molecular weight is 480 g/mol. The van der Waals surface area contributed by atoms with Crippen LogP contribution in [0.15, 0.2) is 69.0 Å². The van der Waals surface area contributed by atoms with Crippen molar-refractivity contribution in [2.45, 2.75) is 18.3 Å². The molecule has 2 aromatic heterocycles. The van der Waals surface area contributed by atoms with Gasteiger partial charge in [-0.3, -0.25) is 14.3 Å². The Balaban J connectivity index is 1.23. The summed E-state index contributed by atoms with van der Waals surface area (Å²) in [6.07, 6.45) is -0.533. The molecule has 0 spiro atoms. The molecule has 11 heteroatoms. The smallest absolute Gasteiger partial charge is 0.295 e. The molecule has 2 aromatic carbocycles. The first kappa shape index (κ1) is 21.8. The lowest BCUT2D eigenvalue weighted by Gasteiger charge is -2.23. The highest BCUT2D eigenvalue weighted by atomic mass is 32.2. The van der Waals surface area contributed by atoms with E-state index in [1.165, 1.54) is 4.68 Å². The molecule has 1 atom stereocenters. The maximum absolute atomic E-state index is 12.9. The number of fused-ring (bicyclic) bond motifs is 1. The van der Waals surface area contributed by atoms with Crippen LogP contribution in [0.2, 0.25) is 0 Å². The molecular weight excluding hydrogens is 458 g/mol. The summed E-state index contributed by atoms with van der Waals surface area (Å²) >= 11 is 1.07. The van der Waals surface area contributed by atoms with Crippen LogP contribution in [0.3, 0.4) is 0 Å². The van der Waals surface area contributed by atoms with Gasteiger partial charge in [0.05, 0.1) is 17.1 Å². The number of carbonyl (C=O) groups excluding carboxylic acids is 1. The number of aromatic nitrogens is 4. The zero-order valence-electron chi connectivity index (χ0n) is 18.4. The summed E-state index contributed by atoms with van der Waals surface area (Å²) < 4.78 is 20.4. The van der Waals surface area contributed by atoms with Crippen LogP contribution in [0.1, 0.15) is 17.7 Å². The molecule has 34 heavy (non-hydrogen) atoms. The Hall–Kier alpha value is -3.99. The first-order valence-electron chi connectivity index (χ1n) is 10.5. The van der Waals surface area contributed by atoms with Gasteiger partial charge in [0, 0.05) is 7.05 Å². The minimum absolute atomic E-state index is 0.00833. The molecule has 0 bridgehead atoms. The number of nitrogens with one attached hydrogen (secondary N) is 1. The van der Waals surface area contributed by atoms with Gasteiger partial charge in [0.1, 0.15) is 12.3 Å². The number of amides is 1. The van der Waals surface area contributed by atoms with Gasteiger partial charge in [0.25, 0.3) is 16.7 Å². The first-order valence-corrected chi connectivity index (χ1v) is 11.5. The van der Waals surface area contributed by atoms with E-state index in [9.17, 15) is 9.59 Å². The van der Waals surface area contributed by atoms with Gasteiger partial charge < -0.3 is 19.2 Å². The second kappa shape index (κ2) is 9.10. The van der Waals surface area contributed by atoms with E-state index < -0.39 is 6.10 Å². The molecule has 174 valence electrons. The number of benzene rings is 2. The van der Waals surface area contributed by atoms with Crippen LogP contribution in [-0.4, -0.2) is 37.8 Å². The number of hydrogen-bond donors (Lipinski definition) is 1. The fraction of sp³-hybridized carbons (Fsp3) is 0.217. The zero-order chi connectivity index (χ0) is 23.7. The Bertz CT molecular complexity index is 1390. The lowest BCUT2D eigenvalue weighted by molar-refractivity contribution is -0.113. The van der Waals surface area contributed by atoms with Gasteiger partial charge in [0.2, 0.25) is 12.0 Å². The average Bonchev–Trinajstić information content (AvgIpc) is 3.42. The van der Waals surface area contributed by atoms with Gasteiger partial charge in [-0.2, -0.15) is 0 Å². The summed E-state index contributed by atoms with van der Waals surface area (Å²) in [5, 5.41) is 10.9. The number of para-hydroxylation sites is 3. The third kappa shape index (κ3) is 4.17. The monoisotopic (exact) mass is 479 g/mol. The SMILES string of the molecule is Cc1c(NC(=O)CSc2nnc([C@@H]3COc4ccccc4O3)o2)c(=O)n(-c2ccccc2)n1C. The molecule has 10 nitrogen and oxygen atoms in total. The quantitative estimate of drug-likeness (QED) is 0.420. The van der Waals surface area contributed by atoms with Gasteiger partial charge in [-0.15, -0.1) is 10.2 Å². The number of ether oxygens (including phenoxy) is 2. The second-order valence-corrected chi connectivity index (χ2v) is 8.47. The molecule has 0 saturated carbocycles. The van der Waals surface area contributed by atoms with Crippen LogP contribution < -0.4 is 20.3 Å². The summed E-state index contributed by atoms with van der Waals surface area (Å²) in [4.78, 5) is 25.5. The molecule has 0 fully saturated rings. The molecule has 0 radical (unpaired) electrons. The molecule has 4 aromatic rings. The van der Waals surface area contributed by atoms with Crippen molar-refractivity contribution in [3.05, 3.63) is 76.5 Å². The molecule has 0 aliphatic carbocycles. The van der Waals surface area contributed by atoms with Gasteiger partial charge in [-0.05, 0) is 31.2 Å². The van der Waals surface area contributed by atoms with Gasteiger partial charge >= 0.3 is 0 Å². The van der Waals surface area contributed by atoms with Crippen molar-refractivity contribution in [2.75, 3.05) is 17.7 Å². The predicted molar refractivity (Wildman–Crippen MR) is 125 cm³/mol. The Labute approximate surface area is 198 Å². The van der Waals surface area contributed by atoms with Gasteiger partial charge in [-0.25, -0.2) is 4.68 Å². The minimum atomic E-state index is -0.533. The maximum Gasteiger partial charge on any atom is 0.295 e. The van der Waals surface area contributed by atoms with E-state index in [1.54, 1.807) is 24.7 Å². The standard InChI is InChI=1S/C23H21N5O5S/c1-14-20(22(30)28(27(14)2)15-8-4-3-5-9-15)24-19(29)13-34-23-26-25-21(33-23)18-12-31-16-10-6-7-11-17(16)32-18/h3-11,18H,12-13H2,1-2H3,(H,24,29)/t18-/m0/s1. The molecular formula is C23H21N5O5S. The fourth-order valence-corrected chi connectivity index (χ4v) is 4.13. The van der Waals surface area contributed by atoms with Crippen LogP contribution >= 0.6 is 11.8 Å². The summed E-state index contributed by atoms with van der Waals surface area (Å²) in [6.45, 7) is 2.02. The summed E-state index contributed by atoms with van der Waals surface area (Å²) in [7, 11) is 1.77. The molecule has 5 rings (SSSR count). The largest absolute Gasteiger partial charge is 0.485 e. The lowest BCUT2D eigenvalue weighted by atomic mass is 10.2. The molecule has 1 N–H and O–H groups in total. The van der Waals surface area contributed by atoms with Crippen molar-refractivity contribution in [1.29, 1.82) is 0 Å². The predicted octanol–water partition coefficient (Wildman–Crippen LogP) is 3.11. The van der Waals surface area contributed by atoms with Crippen molar-refractivity contribution >= 4 is 23.4 Å². The Morgan fingerprint density at radius 1 is 1.12 bits per heavy atom. The first-order chi connectivity index (χ1) is 16.5. The zero-order valence-corrected chi connectivity index (χ0v) is 19.2. The van der Waals surface area contributed by atoms with Crippen molar-refractivity contribution in [3.8, 4) is 17.2 Å². The number of hydrogen-bond acceptors (Lipinski definition) is 8. The van der Waals surface area contributed by atoms with Crippen molar-refractivity contribution in [1.82, 2.24) is 19.6 Å². The van der Waals surface area contributed by atoms with Crippen LogP contribution in [0.25, 0.3) is 5.69 Å². The second-order valence-electron chi connectivity index (χ2n) is 7.54. The Morgan fingerprint density at radius 2 is 1.85 bits per heavy atom. The Kier molecular flexibility index (Phi) is 5.84. The topological polar surface area (TPSA) is 113 Å². The number of carbonyl (C=O) groups is 1. The highest BCUT2D eigenvalue weighted by Crippen LogP contribution is 2.35. The normalized spacial score (nSPS) is 14.7. The van der Waals surface area contributed by atoms with Crippen molar-refractivity contribution in [3.63, 3.8) is 0 Å². The molecule has 1 aliphatic rings. The number of rotatable bonds is 6. The minimum Gasteiger partial charge on any atom is -0.485 e. The molecule has 3 heterocycles. The van der Waals surface area contributed by atoms with E-state index in [1.807, 2.05) is 48.5 Å². The summed E-state index contributed by atoms with van der Waals surface area (Å²) in [6, 6.07) is 16.6. The van der Waals surface area contributed by atoms with Crippen molar-refractivity contribution in [2.24, 2.45) is 7.05 Å². The van der Waals surface area contributed by atoms with Crippen LogP contribution in [0, 0.1) is 6.92 Å². The third-order valence-electron chi connectivity index (χ3n) is 5.35. The number of thioether (sulfide) groups is 1. The van der Waals surface area contributed by atoms with E-state index in [0.717, 1.165) is 11.8 Å². The third-order valence-corrected chi connectivity index (χ3v) is 6.17. The highest BCUT2D eigenvalue weighted by Gasteiger charge is 2.27. The van der Waals surface area contributed by atoms with Crippen LogP contribution in [0.4, 0.5) is 5.69 Å². The maximum atomic E-state index is 12.9. The van der Waals surface area contributed by atoms with E-state index in [0.29, 0.717) is 22.9 Å². The van der Waals surface area contributed by atoms with Crippen molar-refractivity contribution < 1.29 is 18.7 Å². The lowest BCUT2D eigenvalue weighted by Crippen LogP contribution is -2.23. The van der Waals surface area contributed by atoms with E-state index >= 15 is 0 Å². The number of anilines is 1. The van der Waals surface area contributed by atoms with Gasteiger partial charge in [-0.1, -0.05) is 42.1 Å². The Morgan fingerprint density at radius 3 is 2.65 bits per heavy atom. The summed E-state index contributed by atoms with van der Waals surface area (Å²) in [5.74, 6) is 1.16. The van der Waals surface area contributed by atoms with E-state index in [4.69, 9.17) is 13.9 Å². The highest BCUT2D eigenvalue weighted by molar-refractivity contribution is 7.99. The fourth-order valence-electron chi connectivity index (χ4n) is 3.57. The van der Waals surface area contributed by atoms with E-state index in [-0.39, 0.29) is 40.6 Å². The molecule has 0 saturated heterocycles. The summed E-state index contributed by atoms with van der Waals surface area (Å²) in [5.41, 5.74) is 1.28. The number of nitrogens with zero attached hydrogens (tertiary/aromatic N) is 4. The van der Waals surface area contributed by atoms with E-state index in [2.05, 4.69) is 15.5 Å². The molecule has 1 aliphatic heterocycles.